The average molecular weight is 271 g/mol. The largest absolute Gasteiger partial charge is 0.366 e. The molecule has 1 heterocycles. The number of hydrogen-bond acceptors (Lipinski definition) is 5. The van der Waals surface area contributed by atoms with Crippen LogP contribution in [0.4, 0.5) is 5.69 Å². The Morgan fingerprint density at radius 3 is 2.67 bits per heavy atom. The fourth-order valence-corrected chi connectivity index (χ4v) is 1.51. The fraction of sp³-hybridized carbons (Fsp3) is 0.455. The van der Waals surface area contributed by atoms with Gasteiger partial charge in [0.15, 0.2) is 0 Å². The number of pyridine rings is 1. The third-order valence-corrected chi connectivity index (χ3v) is 2.64. The molecule has 0 aliphatic carbocycles. The van der Waals surface area contributed by atoms with Crippen LogP contribution in [0.3, 0.4) is 0 Å². The number of hydrogen-bond donors (Lipinski definition) is 0. The van der Waals surface area contributed by atoms with Crippen molar-refractivity contribution in [3.05, 3.63) is 17.8 Å². The van der Waals surface area contributed by atoms with E-state index in [1.54, 1.807) is 19.3 Å². The smallest absolute Gasteiger partial charge is 0.307 e. The van der Waals surface area contributed by atoms with Gasteiger partial charge in [-0.25, -0.2) is 9.98 Å². The standard InChI is InChI=1S/C11H17N3O3S/c1-5-14(3)8-12-10-6-7-11(13-9(10)2)17-18(4,15)16/h6-8H,5H2,1-4H3. The van der Waals surface area contributed by atoms with E-state index in [1.807, 2.05) is 18.9 Å². The molecule has 0 amide bonds. The van der Waals surface area contributed by atoms with Gasteiger partial charge >= 0.3 is 10.1 Å². The minimum atomic E-state index is -3.55. The van der Waals surface area contributed by atoms with Crippen molar-refractivity contribution in [1.29, 1.82) is 0 Å². The van der Waals surface area contributed by atoms with Crippen LogP contribution in [-0.4, -0.2) is 44.5 Å². The summed E-state index contributed by atoms with van der Waals surface area (Å²) < 4.78 is 26.6. The normalized spacial score (nSPS) is 11.8. The summed E-state index contributed by atoms with van der Waals surface area (Å²) in [7, 11) is -1.64. The van der Waals surface area contributed by atoms with Crippen molar-refractivity contribution >= 4 is 22.1 Å². The van der Waals surface area contributed by atoms with Gasteiger partial charge in [-0.1, -0.05) is 0 Å². The van der Waals surface area contributed by atoms with Crippen LogP contribution in [-0.2, 0) is 10.1 Å². The average Bonchev–Trinajstić information content (AvgIpc) is 2.25. The second kappa shape index (κ2) is 5.81. The molecule has 0 fully saturated rings. The summed E-state index contributed by atoms with van der Waals surface area (Å²) in [5.74, 6) is 0.0535. The SMILES string of the molecule is CCN(C)C=Nc1ccc(OS(C)(=O)=O)nc1C. The Morgan fingerprint density at radius 1 is 1.50 bits per heavy atom. The van der Waals surface area contributed by atoms with Gasteiger partial charge in [0.1, 0.15) is 0 Å². The van der Waals surface area contributed by atoms with E-state index >= 15 is 0 Å². The molecule has 0 N–H and O–H groups in total. The third-order valence-electron chi connectivity index (χ3n) is 2.16. The Morgan fingerprint density at radius 2 is 2.17 bits per heavy atom. The molecular weight excluding hydrogens is 254 g/mol. The van der Waals surface area contributed by atoms with Gasteiger partial charge in [0.05, 0.1) is 24.0 Å². The third kappa shape index (κ3) is 4.70. The van der Waals surface area contributed by atoms with Crippen molar-refractivity contribution in [2.45, 2.75) is 13.8 Å². The molecule has 0 aromatic carbocycles. The van der Waals surface area contributed by atoms with Crippen LogP contribution in [0.5, 0.6) is 5.88 Å². The Hall–Kier alpha value is -1.63. The van der Waals surface area contributed by atoms with Gasteiger partial charge in [0.25, 0.3) is 0 Å². The molecule has 1 aromatic rings. The van der Waals surface area contributed by atoms with E-state index in [0.29, 0.717) is 11.4 Å². The summed E-state index contributed by atoms with van der Waals surface area (Å²) in [6.07, 6.45) is 2.67. The van der Waals surface area contributed by atoms with Crippen molar-refractivity contribution in [3.63, 3.8) is 0 Å². The minimum absolute atomic E-state index is 0.0535. The maximum atomic E-state index is 11.0. The van der Waals surface area contributed by atoms with Crippen molar-refractivity contribution in [1.82, 2.24) is 9.88 Å². The quantitative estimate of drug-likeness (QED) is 0.459. The van der Waals surface area contributed by atoms with Crippen molar-refractivity contribution in [2.24, 2.45) is 4.99 Å². The zero-order valence-electron chi connectivity index (χ0n) is 10.9. The molecule has 1 rings (SSSR count). The van der Waals surface area contributed by atoms with Crippen molar-refractivity contribution in [2.75, 3.05) is 19.8 Å². The maximum Gasteiger partial charge on any atom is 0.307 e. The summed E-state index contributed by atoms with van der Waals surface area (Å²) >= 11 is 0. The van der Waals surface area contributed by atoms with Gasteiger partial charge < -0.3 is 9.08 Å². The Labute approximate surface area is 107 Å². The molecule has 0 unspecified atom stereocenters. The van der Waals surface area contributed by atoms with E-state index < -0.39 is 10.1 Å². The highest BCUT2D eigenvalue weighted by Gasteiger charge is 2.07. The summed E-state index contributed by atoms with van der Waals surface area (Å²) in [6, 6.07) is 3.15. The molecule has 100 valence electrons. The van der Waals surface area contributed by atoms with E-state index in [-0.39, 0.29) is 5.88 Å². The van der Waals surface area contributed by atoms with Gasteiger partial charge in [0.2, 0.25) is 5.88 Å². The molecule has 1 aromatic heterocycles. The first kappa shape index (κ1) is 14.4. The molecule has 0 bridgehead atoms. The van der Waals surface area contributed by atoms with Gasteiger partial charge in [-0.05, 0) is 19.9 Å². The molecule has 0 spiro atoms. The van der Waals surface area contributed by atoms with Crippen molar-refractivity contribution in [3.8, 4) is 5.88 Å². The molecule has 18 heavy (non-hydrogen) atoms. The summed E-state index contributed by atoms with van der Waals surface area (Å²) in [5, 5.41) is 0. The first-order chi connectivity index (χ1) is 8.31. The van der Waals surface area contributed by atoms with Gasteiger partial charge in [0, 0.05) is 19.7 Å². The molecular formula is C11H17N3O3S. The number of aliphatic imine (C=N–C) groups is 1. The van der Waals surface area contributed by atoms with Gasteiger partial charge in [-0.2, -0.15) is 8.42 Å². The van der Waals surface area contributed by atoms with Gasteiger partial charge in [-0.3, -0.25) is 0 Å². The molecule has 7 heteroatoms. The second-order valence-electron chi connectivity index (χ2n) is 3.86. The Kier molecular flexibility index (Phi) is 4.66. The van der Waals surface area contributed by atoms with Crippen LogP contribution in [0.15, 0.2) is 17.1 Å². The topological polar surface area (TPSA) is 71.9 Å². The number of rotatable bonds is 5. The Balaban J connectivity index is 2.90. The van der Waals surface area contributed by atoms with Crippen LogP contribution in [0.25, 0.3) is 0 Å². The zero-order chi connectivity index (χ0) is 13.8. The highest BCUT2D eigenvalue weighted by Crippen LogP contribution is 2.20. The van der Waals surface area contributed by atoms with E-state index in [0.717, 1.165) is 12.8 Å². The minimum Gasteiger partial charge on any atom is -0.366 e. The molecule has 6 nitrogen and oxygen atoms in total. The lowest BCUT2D eigenvalue weighted by Gasteiger charge is -2.09. The summed E-state index contributed by atoms with van der Waals surface area (Å²) in [6.45, 7) is 4.61. The Bertz CT molecular complexity index is 540. The maximum absolute atomic E-state index is 11.0. The lowest BCUT2D eigenvalue weighted by atomic mass is 10.3. The molecule has 0 saturated carbocycles. The highest BCUT2D eigenvalue weighted by atomic mass is 32.2. The molecule has 0 aliphatic heterocycles. The van der Waals surface area contributed by atoms with Crippen LogP contribution in [0.1, 0.15) is 12.6 Å². The zero-order valence-corrected chi connectivity index (χ0v) is 11.7. The fourth-order valence-electron chi connectivity index (χ4n) is 1.11. The summed E-state index contributed by atoms with van der Waals surface area (Å²) in [4.78, 5) is 10.2. The molecule has 0 aliphatic rings. The van der Waals surface area contributed by atoms with Crippen LogP contribution in [0, 0.1) is 6.92 Å². The van der Waals surface area contributed by atoms with Gasteiger partial charge in [-0.15, -0.1) is 0 Å². The first-order valence-electron chi connectivity index (χ1n) is 5.43. The predicted octanol–water partition coefficient (Wildman–Crippen LogP) is 1.34. The first-order valence-corrected chi connectivity index (χ1v) is 7.25. The monoisotopic (exact) mass is 271 g/mol. The van der Waals surface area contributed by atoms with E-state index in [4.69, 9.17) is 0 Å². The lowest BCUT2D eigenvalue weighted by Crippen LogP contribution is -2.14. The molecule has 0 radical (unpaired) electrons. The van der Waals surface area contributed by atoms with Crippen LogP contribution < -0.4 is 4.18 Å². The van der Waals surface area contributed by atoms with Crippen molar-refractivity contribution < 1.29 is 12.6 Å². The van der Waals surface area contributed by atoms with E-state index in [9.17, 15) is 8.42 Å². The summed E-state index contributed by atoms with van der Waals surface area (Å²) in [5.41, 5.74) is 1.29. The van der Waals surface area contributed by atoms with E-state index in [2.05, 4.69) is 14.2 Å². The number of nitrogens with zero attached hydrogens (tertiary/aromatic N) is 3. The number of aromatic nitrogens is 1. The lowest BCUT2D eigenvalue weighted by molar-refractivity contribution is 0.482. The molecule has 0 saturated heterocycles. The second-order valence-corrected chi connectivity index (χ2v) is 5.43. The number of aryl methyl sites for hydroxylation is 1. The van der Waals surface area contributed by atoms with Crippen LogP contribution >= 0.6 is 0 Å². The van der Waals surface area contributed by atoms with Crippen LogP contribution in [0.2, 0.25) is 0 Å². The highest BCUT2D eigenvalue weighted by molar-refractivity contribution is 7.86. The molecule has 0 atom stereocenters. The predicted molar refractivity (Wildman–Crippen MR) is 70.9 cm³/mol. The van der Waals surface area contributed by atoms with E-state index in [1.165, 1.54) is 6.07 Å².